The van der Waals surface area contributed by atoms with Crippen LogP contribution in [0.15, 0.2) is 55.2 Å². The van der Waals surface area contributed by atoms with E-state index < -0.39 is 4.92 Å². The maximum atomic E-state index is 9.30. The Morgan fingerprint density at radius 2 is 1.32 bits per heavy atom. The van der Waals surface area contributed by atoms with Gasteiger partial charge in [-0.1, -0.05) is 24.3 Å². The highest BCUT2D eigenvalue weighted by molar-refractivity contribution is 5.71. The number of nitrogens with zero attached hydrogens (tertiary/aromatic N) is 1. The Hall–Kier alpha value is -3.28. The average molecular weight is 301 g/mol. The first kappa shape index (κ1) is 16.8. The van der Waals surface area contributed by atoms with Crippen molar-refractivity contribution >= 4 is 12.2 Å². The van der Waals surface area contributed by atoms with Crippen LogP contribution in [-0.4, -0.2) is 20.2 Å². The first-order valence-electron chi connectivity index (χ1n) is 6.17. The number of phenols is 3. The molecule has 22 heavy (non-hydrogen) atoms. The molecule has 6 nitrogen and oxygen atoms in total. The van der Waals surface area contributed by atoms with Gasteiger partial charge in [0.25, 0.3) is 0 Å². The Bertz CT molecular complexity index is 657. The second kappa shape index (κ2) is 8.11. The number of benzene rings is 2. The fourth-order valence-corrected chi connectivity index (χ4v) is 1.49. The van der Waals surface area contributed by atoms with E-state index in [2.05, 4.69) is 6.58 Å². The summed E-state index contributed by atoms with van der Waals surface area (Å²) in [5, 5.41) is 36.8. The van der Waals surface area contributed by atoms with E-state index in [-0.39, 0.29) is 17.2 Å². The zero-order chi connectivity index (χ0) is 16.5. The normalized spacial score (nSPS) is 9.82. The minimum Gasteiger partial charge on any atom is -0.508 e. The topological polar surface area (TPSA) is 104 Å². The fraction of sp³-hybridized carbons (Fsp3) is 0. The Balaban J connectivity index is 0.000000422. The third kappa shape index (κ3) is 6.25. The molecule has 0 aliphatic heterocycles. The number of rotatable bonds is 3. The SMILES string of the molecule is C=C[N+](=O)[O-].Oc1ccc(C=Cc2cc(O)cc(O)c2)cc1. The van der Waals surface area contributed by atoms with E-state index in [1.807, 2.05) is 6.08 Å². The number of nitro groups is 1. The van der Waals surface area contributed by atoms with Crippen LogP contribution < -0.4 is 0 Å². The lowest BCUT2D eigenvalue weighted by molar-refractivity contribution is -0.401. The lowest BCUT2D eigenvalue weighted by atomic mass is 10.1. The molecule has 2 aromatic rings. The largest absolute Gasteiger partial charge is 0.508 e. The summed E-state index contributed by atoms with van der Waals surface area (Å²) in [5.41, 5.74) is 1.63. The molecule has 2 aromatic carbocycles. The smallest absolute Gasteiger partial charge is 0.227 e. The van der Waals surface area contributed by atoms with E-state index in [0.717, 1.165) is 5.56 Å². The summed E-state index contributed by atoms with van der Waals surface area (Å²) in [7, 11) is 0. The summed E-state index contributed by atoms with van der Waals surface area (Å²) in [4.78, 5) is 8.44. The van der Waals surface area contributed by atoms with Crippen molar-refractivity contribution in [2.45, 2.75) is 0 Å². The van der Waals surface area contributed by atoms with E-state index in [0.29, 0.717) is 11.8 Å². The molecule has 0 aliphatic rings. The summed E-state index contributed by atoms with van der Waals surface area (Å²) in [5.74, 6) is 0.267. The van der Waals surface area contributed by atoms with Gasteiger partial charge in [-0.3, -0.25) is 10.1 Å². The summed E-state index contributed by atoms with van der Waals surface area (Å²) in [6, 6.07) is 11.1. The van der Waals surface area contributed by atoms with Crippen molar-refractivity contribution in [3.8, 4) is 17.2 Å². The highest BCUT2D eigenvalue weighted by Crippen LogP contribution is 2.22. The lowest BCUT2D eigenvalue weighted by Crippen LogP contribution is -1.77. The standard InChI is InChI=1S/C14H12O3.C2H3NO2/c15-12-5-3-10(4-6-12)1-2-11-7-13(16)9-14(17)8-11;1-2-3(4)5/h1-9,15-17H;2H,1H2. The first-order valence-corrected chi connectivity index (χ1v) is 6.17. The maximum Gasteiger partial charge on any atom is 0.227 e. The van der Waals surface area contributed by atoms with Gasteiger partial charge in [0.05, 0.1) is 4.92 Å². The van der Waals surface area contributed by atoms with E-state index in [1.165, 1.54) is 6.07 Å². The van der Waals surface area contributed by atoms with E-state index in [4.69, 9.17) is 15.2 Å². The minimum absolute atomic E-state index is 0.0235. The lowest BCUT2D eigenvalue weighted by Gasteiger charge is -1.98. The average Bonchev–Trinajstić information content (AvgIpc) is 2.46. The number of phenolic OH excluding ortho intramolecular Hbond substituents is 3. The second-order valence-electron chi connectivity index (χ2n) is 4.18. The van der Waals surface area contributed by atoms with Gasteiger partial charge in [-0.15, -0.1) is 0 Å². The monoisotopic (exact) mass is 301 g/mol. The molecular weight excluding hydrogens is 286 g/mol. The molecule has 0 fully saturated rings. The molecule has 0 radical (unpaired) electrons. The van der Waals surface area contributed by atoms with Crippen LogP contribution in [0, 0.1) is 10.1 Å². The molecule has 0 bridgehead atoms. The zero-order valence-electron chi connectivity index (χ0n) is 11.6. The van der Waals surface area contributed by atoms with Gasteiger partial charge in [0.15, 0.2) is 0 Å². The van der Waals surface area contributed by atoms with Crippen molar-refractivity contribution in [3.05, 3.63) is 76.5 Å². The molecule has 6 heteroatoms. The molecule has 2 rings (SSSR count). The van der Waals surface area contributed by atoms with Crippen LogP contribution in [-0.2, 0) is 0 Å². The predicted octanol–water partition coefficient (Wildman–Crippen LogP) is 3.38. The van der Waals surface area contributed by atoms with Crippen LogP contribution >= 0.6 is 0 Å². The summed E-state index contributed by atoms with van der Waals surface area (Å²) in [6.07, 6.45) is 4.24. The van der Waals surface area contributed by atoms with Gasteiger partial charge in [0, 0.05) is 6.07 Å². The van der Waals surface area contributed by atoms with E-state index in [9.17, 15) is 10.2 Å². The van der Waals surface area contributed by atoms with Crippen molar-refractivity contribution in [1.29, 1.82) is 0 Å². The van der Waals surface area contributed by atoms with Crippen LogP contribution in [0.25, 0.3) is 12.2 Å². The molecule has 0 spiro atoms. The highest BCUT2D eigenvalue weighted by Gasteiger charge is 1.95. The molecule has 114 valence electrons. The van der Waals surface area contributed by atoms with E-state index in [1.54, 1.807) is 42.5 Å². The van der Waals surface area contributed by atoms with Gasteiger partial charge in [0.1, 0.15) is 17.2 Å². The molecule has 0 aliphatic carbocycles. The van der Waals surface area contributed by atoms with Crippen molar-refractivity contribution in [3.63, 3.8) is 0 Å². The van der Waals surface area contributed by atoms with Gasteiger partial charge in [-0.25, -0.2) is 0 Å². The van der Waals surface area contributed by atoms with Gasteiger partial charge in [-0.2, -0.15) is 0 Å². The Kier molecular flexibility index (Phi) is 6.18. The summed E-state index contributed by atoms with van der Waals surface area (Å²) >= 11 is 0. The van der Waals surface area contributed by atoms with Crippen LogP contribution in [0.1, 0.15) is 11.1 Å². The molecule has 0 saturated heterocycles. The molecule has 0 atom stereocenters. The summed E-state index contributed by atoms with van der Waals surface area (Å²) < 4.78 is 0. The van der Waals surface area contributed by atoms with Crippen molar-refractivity contribution < 1.29 is 20.2 Å². The first-order chi connectivity index (χ1) is 10.4. The second-order valence-corrected chi connectivity index (χ2v) is 4.18. The predicted molar refractivity (Wildman–Crippen MR) is 84.0 cm³/mol. The Labute approximate surface area is 127 Å². The molecule has 0 unspecified atom stereocenters. The quantitative estimate of drug-likeness (QED) is 0.458. The van der Waals surface area contributed by atoms with Gasteiger partial charge >= 0.3 is 0 Å². The number of hydrogen-bond donors (Lipinski definition) is 3. The molecule has 0 heterocycles. The van der Waals surface area contributed by atoms with Crippen molar-refractivity contribution in [2.24, 2.45) is 0 Å². The van der Waals surface area contributed by atoms with Crippen LogP contribution in [0.2, 0.25) is 0 Å². The van der Waals surface area contributed by atoms with Crippen LogP contribution in [0.3, 0.4) is 0 Å². The number of hydrogen-bond acceptors (Lipinski definition) is 5. The Morgan fingerprint density at radius 1 is 0.864 bits per heavy atom. The van der Waals surface area contributed by atoms with Gasteiger partial charge in [0.2, 0.25) is 6.20 Å². The van der Waals surface area contributed by atoms with Gasteiger partial charge in [-0.05, 0) is 42.0 Å². The van der Waals surface area contributed by atoms with Crippen molar-refractivity contribution in [2.75, 3.05) is 0 Å². The highest BCUT2D eigenvalue weighted by atomic mass is 16.6. The van der Waals surface area contributed by atoms with Crippen molar-refractivity contribution in [1.82, 2.24) is 0 Å². The third-order valence-corrected chi connectivity index (χ3v) is 2.44. The molecule has 0 aromatic heterocycles. The third-order valence-electron chi connectivity index (χ3n) is 2.44. The number of aromatic hydroxyl groups is 3. The summed E-state index contributed by atoms with van der Waals surface area (Å²) in [6.45, 7) is 2.86. The van der Waals surface area contributed by atoms with Crippen LogP contribution in [0.4, 0.5) is 0 Å². The minimum atomic E-state index is -0.611. The fourth-order valence-electron chi connectivity index (χ4n) is 1.49. The van der Waals surface area contributed by atoms with Gasteiger partial charge < -0.3 is 15.3 Å². The molecule has 0 amide bonds. The molecule has 0 saturated carbocycles. The van der Waals surface area contributed by atoms with Crippen LogP contribution in [0.5, 0.6) is 17.2 Å². The van der Waals surface area contributed by atoms with E-state index >= 15 is 0 Å². The zero-order valence-corrected chi connectivity index (χ0v) is 11.6. The molecule has 3 N–H and O–H groups in total. The maximum absolute atomic E-state index is 9.30. The molecular formula is C16H15NO5. The Morgan fingerprint density at radius 3 is 1.77 bits per heavy atom.